The molecule has 0 amide bonds. The molecule has 0 aliphatic carbocycles. The van der Waals surface area contributed by atoms with Crippen molar-refractivity contribution < 1.29 is 0 Å². The smallest absolute Gasteiger partial charge is 0.0547 e. The van der Waals surface area contributed by atoms with Crippen molar-refractivity contribution in [2.24, 2.45) is 5.92 Å². The van der Waals surface area contributed by atoms with Gasteiger partial charge in [0.1, 0.15) is 0 Å². The van der Waals surface area contributed by atoms with E-state index in [0.717, 1.165) is 31.2 Å². The number of hydrogen-bond acceptors (Lipinski definition) is 3. The highest BCUT2D eigenvalue weighted by Gasteiger charge is 2.19. The van der Waals surface area contributed by atoms with Gasteiger partial charge in [0.15, 0.2) is 0 Å². The molecule has 2 heterocycles. The summed E-state index contributed by atoms with van der Waals surface area (Å²) in [6.45, 7) is 9.92. The molecule has 3 nitrogen and oxygen atoms in total. The first-order valence-electron chi connectivity index (χ1n) is 7.13. The van der Waals surface area contributed by atoms with Crippen molar-refractivity contribution in [3.8, 4) is 0 Å². The predicted octanol–water partition coefficient (Wildman–Crippen LogP) is 2.21. The molecule has 0 saturated carbocycles. The maximum absolute atomic E-state index is 4.60. The van der Waals surface area contributed by atoms with Crippen molar-refractivity contribution in [1.82, 2.24) is 15.2 Å². The average molecular weight is 247 g/mol. The van der Waals surface area contributed by atoms with Crippen LogP contribution in [0.1, 0.15) is 31.2 Å². The summed E-state index contributed by atoms with van der Waals surface area (Å²) < 4.78 is 0. The van der Waals surface area contributed by atoms with Crippen molar-refractivity contribution in [1.29, 1.82) is 0 Å². The minimum absolute atomic E-state index is 0.809. The minimum Gasteiger partial charge on any atom is -0.317 e. The molecule has 1 aromatic heterocycles. The SMILES string of the molecule is CCNCC1CCCN(Cc2cccc(C)n2)C1. The molecule has 1 atom stereocenters. The van der Waals surface area contributed by atoms with E-state index in [1.807, 2.05) is 0 Å². The number of aromatic nitrogens is 1. The average Bonchev–Trinajstić information content (AvgIpc) is 2.37. The molecule has 1 fully saturated rings. The Balaban J connectivity index is 1.85. The molecule has 1 aromatic rings. The molecule has 1 saturated heterocycles. The fourth-order valence-corrected chi connectivity index (χ4v) is 2.73. The summed E-state index contributed by atoms with van der Waals surface area (Å²) in [7, 11) is 0. The Labute approximate surface area is 111 Å². The molecule has 2 rings (SSSR count). The second-order valence-corrected chi connectivity index (χ2v) is 5.32. The van der Waals surface area contributed by atoms with Gasteiger partial charge in [-0.05, 0) is 57.5 Å². The van der Waals surface area contributed by atoms with E-state index >= 15 is 0 Å². The van der Waals surface area contributed by atoms with Crippen molar-refractivity contribution in [3.63, 3.8) is 0 Å². The summed E-state index contributed by atoms with van der Waals surface area (Å²) in [6, 6.07) is 6.31. The lowest BCUT2D eigenvalue weighted by molar-refractivity contribution is 0.164. The van der Waals surface area contributed by atoms with E-state index in [2.05, 4.69) is 47.2 Å². The highest BCUT2D eigenvalue weighted by Crippen LogP contribution is 2.17. The van der Waals surface area contributed by atoms with Crippen LogP contribution in [0, 0.1) is 12.8 Å². The molecule has 0 aromatic carbocycles. The molecule has 0 radical (unpaired) electrons. The van der Waals surface area contributed by atoms with E-state index in [1.165, 1.54) is 31.6 Å². The molecule has 0 bridgehead atoms. The van der Waals surface area contributed by atoms with Gasteiger partial charge in [0.2, 0.25) is 0 Å². The third kappa shape index (κ3) is 4.07. The van der Waals surface area contributed by atoms with Gasteiger partial charge in [0.25, 0.3) is 0 Å². The van der Waals surface area contributed by atoms with Gasteiger partial charge >= 0.3 is 0 Å². The van der Waals surface area contributed by atoms with Gasteiger partial charge in [-0.15, -0.1) is 0 Å². The predicted molar refractivity (Wildman–Crippen MR) is 75.5 cm³/mol. The Morgan fingerprint density at radius 1 is 1.44 bits per heavy atom. The third-order valence-corrected chi connectivity index (χ3v) is 3.62. The van der Waals surface area contributed by atoms with Gasteiger partial charge in [-0.25, -0.2) is 0 Å². The third-order valence-electron chi connectivity index (χ3n) is 3.62. The van der Waals surface area contributed by atoms with E-state index < -0.39 is 0 Å². The van der Waals surface area contributed by atoms with Crippen LogP contribution >= 0.6 is 0 Å². The number of nitrogens with one attached hydrogen (secondary N) is 1. The number of hydrogen-bond donors (Lipinski definition) is 1. The molecular formula is C15H25N3. The molecule has 1 aliphatic heterocycles. The van der Waals surface area contributed by atoms with Crippen molar-refractivity contribution in [3.05, 3.63) is 29.6 Å². The minimum atomic E-state index is 0.809. The van der Waals surface area contributed by atoms with Crippen LogP contribution < -0.4 is 5.32 Å². The zero-order valence-corrected chi connectivity index (χ0v) is 11.7. The maximum atomic E-state index is 4.60. The summed E-state index contributed by atoms with van der Waals surface area (Å²) in [5.74, 6) is 0.809. The quantitative estimate of drug-likeness (QED) is 0.864. The first-order chi connectivity index (χ1) is 8.78. The summed E-state index contributed by atoms with van der Waals surface area (Å²) >= 11 is 0. The Bertz CT molecular complexity index is 365. The van der Waals surface area contributed by atoms with Gasteiger partial charge in [-0.3, -0.25) is 9.88 Å². The number of nitrogens with zero attached hydrogens (tertiary/aromatic N) is 2. The molecule has 100 valence electrons. The molecule has 18 heavy (non-hydrogen) atoms. The fourth-order valence-electron chi connectivity index (χ4n) is 2.73. The van der Waals surface area contributed by atoms with Crippen LogP contribution in [0.5, 0.6) is 0 Å². The van der Waals surface area contributed by atoms with Gasteiger partial charge < -0.3 is 5.32 Å². The summed E-state index contributed by atoms with van der Waals surface area (Å²) in [5.41, 5.74) is 2.33. The normalized spacial score (nSPS) is 21.1. The number of rotatable bonds is 5. The number of likely N-dealkylation sites (tertiary alicyclic amines) is 1. The molecular weight excluding hydrogens is 222 g/mol. The highest BCUT2D eigenvalue weighted by atomic mass is 15.1. The maximum Gasteiger partial charge on any atom is 0.0547 e. The topological polar surface area (TPSA) is 28.2 Å². The summed E-state index contributed by atoms with van der Waals surface area (Å²) in [6.07, 6.45) is 2.69. The number of piperidine rings is 1. The standard InChI is InChI=1S/C15H25N3/c1-3-16-10-14-7-5-9-18(11-14)12-15-8-4-6-13(2)17-15/h4,6,8,14,16H,3,5,7,9-12H2,1-2H3. The van der Waals surface area contributed by atoms with Crippen molar-refractivity contribution in [2.75, 3.05) is 26.2 Å². The zero-order valence-electron chi connectivity index (χ0n) is 11.7. The van der Waals surface area contributed by atoms with Gasteiger partial charge in [0, 0.05) is 18.8 Å². The monoisotopic (exact) mass is 247 g/mol. The largest absolute Gasteiger partial charge is 0.317 e. The molecule has 1 unspecified atom stereocenters. The van der Waals surface area contributed by atoms with Crippen LogP contribution in [0.2, 0.25) is 0 Å². The van der Waals surface area contributed by atoms with Gasteiger partial charge in [-0.2, -0.15) is 0 Å². The Hall–Kier alpha value is -0.930. The Morgan fingerprint density at radius 3 is 3.11 bits per heavy atom. The van der Waals surface area contributed by atoms with Crippen molar-refractivity contribution >= 4 is 0 Å². The van der Waals surface area contributed by atoms with E-state index in [0.29, 0.717) is 0 Å². The number of pyridine rings is 1. The highest BCUT2D eigenvalue weighted by molar-refractivity contribution is 5.09. The lowest BCUT2D eigenvalue weighted by Crippen LogP contribution is -2.39. The van der Waals surface area contributed by atoms with Crippen LogP contribution in [0.4, 0.5) is 0 Å². The lowest BCUT2D eigenvalue weighted by Gasteiger charge is -2.32. The lowest BCUT2D eigenvalue weighted by atomic mass is 9.98. The molecule has 1 aliphatic rings. The van der Waals surface area contributed by atoms with Gasteiger partial charge in [0.05, 0.1) is 5.69 Å². The van der Waals surface area contributed by atoms with Crippen LogP contribution in [-0.2, 0) is 6.54 Å². The van der Waals surface area contributed by atoms with Crippen LogP contribution in [-0.4, -0.2) is 36.1 Å². The fraction of sp³-hybridized carbons (Fsp3) is 0.667. The van der Waals surface area contributed by atoms with Crippen LogP contribution in [0.15, 0.2) is 18.2 Å². The summed E-state index contributed by atoms with van der Waals surface area (Å²) in [5, 5.41) is 3.47. The van der Waals surface area contributed by atoms with Crippen molar-refractivity contribution in [2.45, 2.75) is 33.2 Å². The van der Waals surface area contributed by atoms with Crippen LogP contribution in [0.3, 0.4) is 0 Å². The molecule has 3 heteroatoms. The van der Waals surface area contributed by atoms with E-state index in [9.17, 15) is 0 Å². The zero-order chi connectivity index (χ0) is 12.8. The number of aryl methyl sites for hydroxylation is 1. The molecule has 0 spiro atoms. The van der Waals surface area contributed by atoms with E-state index in [4.69, 9.17) is 0 Å². The second kappa shape index (κ2) is 6.86. The van der Waals surface area contributed by atoms with Gasteiger partial charge in [-0.1, -0.05) is 13.0 Å². The first kappa shape index (κ1) is 13.5. The van der Waals surface area contributed by atoms with E-state index in [1.54, 1.807) is 0 Å². The second-order valence-electron chi connectivity index (χ2n) is 5.32. The first-order valence-corrected chi connectivity index (χ1v) is 7.13. The Morgan fingerprint density at radius 2 is 2.33 bits per heavy atom. The Kier molecular flexibility index (Phi) is 5.14. The molecule has 1 N–H and O–H groups in total. The van der Waals surface area contributed by atoms with Crippen LogP contribution in [0.25, 0.3) is 0 Å². The van der Waals surface area contributed by atoms with E-state index in [-0.39, 0.29) is 0 Å². The summed E-state index contributed by atoms with van der Waals surface area (Å²) in [4.78, 5) is 7.15.